The third-order valence-electron chi connectivity index (χ3n) is 1.21. The molecule has 0 bridgehead atoms. The highest BCUT2D eigenvalue weighted by Gasteiger charge is 2.13. The summed E-state index contributed by atoms with van der Waals surface area (Å²) >= 11 is 9.18. The predicted molar refractivity (Wildman–Crippen MR) is 60.8 cm³/mol. The number of thiol groups is 1. The van der Waals surface area contributed by atoms with Crippen molar-refractivity contribution in [2.24, 2.45) is 0 Å². The van der Waals surface area contributed by atoms with Gasteiger partial charge in [0.1, 0.15) is 0 Å². The zero-order valence-corrected chi connectivity index (χ0v) is 10.3. The van der Waals surface area contributed by atoms with Crippen LogP contribution in [0.1, 0.15) is 0 Å². The molecule has 1 aromatic rings. The molecular formula is C6H3BrINO2S. The summed E-state index contributed by atoms with van der Waals surface area (Å²) in [5.41, 5.74) is 0.0975. The Hall–Kier alpha value is 0.180. The van der Waals surface area contributed by atoms with Crippen LogP contribution < -0.4 is 0 Å². The summed E-state index contributed by atoms with van der Waals surface area (Å²) < 4.78 is 1.23. The van der Waals surface area contributed by atoms with Gasteiger partial charge in [-0.2, -0.15) is 0 Å². The van der Waals surface area contributed by atoms with Crippen LogP contribution in [0.5, 0.6) is 0 Å². The van der Waals surface area contributed by atoms with Gasteiger partial charge in [0.25, 0.3) is 5.69 Å². The van der Waals surface area contributed by atoms with Crippen molar-refractivity contribution in [2.75, 3.05) is 0 Å². The van der Waals surface area contributed by atoms with E-state index < -0.39 is 4.92 Å². The summed E-state index contributed by atoms with van der Waals surface area (Å²) in [6, 6.07) is 3.09. The molecule has 0 amide bonds. The lowest BCUT2D eigenvalue weighted by Gasteiger charge is -1.98. The molecule has 0 spiro atoms. The minimum atomic E-state index is -0.417. The molecule has 6 heteroatoms. The average Bonchev–Trinajstić information content (AvgIpc) is 1.96. The van der Waals surface area contributed by atoms with Gasteiger partial charge in [-0.3, -0.25) is 10.1 Å². The zero-order valence-electron chi connectivity index (χ0n) is 5.62. The van der Waals surface area contributed by atoms with Crippen LogP contribution in [0.4, 0.5) is 5.69 Å². The Labute approximate surface area is 96.4 Å². The zero-order chi connectivity index (χ0) is 9.30. The lowest BCUT2D eigenvalue weighted by Crippen LogP contribution is -1.91. The SMILES string of the molecule is O=[N+]([O-])c1cc(Br)c(S)cc1I. The van der Waals surface area contributed by atoms with Gasteiger partial charge in [0.2, 0.25) is 0 Å². The fraction of sp³-hybridized carbons (Fsp3) is 0. The monoisotopic (exact) mass is 359 g/mol. The summed E-state index contributed by atoms with van der Waals surface area (Å²) in [4.78, 5) is 10.7. The van der Waals surface area contributed by atoms with Gasteiger partial charge >= 0.3 is 0 Å². The van der Waals surface area contributed by atoms with E-state index in [0.29, 0.717) is 12.9 Å². The van der Waals surface area contributed by atoms with Gasteiger partial charge in [0.05, 0.1) is 8.49 Å². The summed E-state index contributed by atoms with van der Waals surface area (Å²) in [6.07, 6.45) is 0. The fourth-order valence-corrected chi connectivity index (χ4v) is 2.10. The molecule has 1 rings (SSSR count). The van der Waals surface area contributed by atoms with Gasteiger partial charge < -0.3 is 0 Å². The van der Waals surface area contributed by atoms with Crippen molar-refractivity contribution in [2.45, 2.75) is 4.90 Å². The van der Waals surface area contributed by atoms with E-state index in [1.807, 2.05) is 22.6 Å². The molecule has 12 heavy (non-hydrogen) atoms. The van der Waals surface area contributed by atoms with Crippen LogP contribution in [0, 0.1) is 13.7 Å². The van der Waals surface area contributed by atoms with E-state index in [-0.39, 0.29) is 5.69 Å². The van der Waals surface area contributed by atoms with Gasteiger partial charge in [-0.25, -0.2) is 0 Å². The number of nitro groups is 1. The fourth-order valence-electron chi connectivity index (χ4n) is 0.666. The topological polar surface area (TPSA) is 43.1 Å². The van der Waals surface area contributed by atoms with E-state index in [4.69, 9.17) is 0 Å². The van der Waals surface area contributed by atoms with E-state index in [1.54, 1.807) is 6.07 Å². The molecule has 0 aromatic heterocycles. The Bertz CT molecular complexity index is 345. The molecule has 0 aliphatic heterocycles. The number of halogens is 2. The Balaban J connectivity index is 3.33. The lowest BCUT2D eigenvalue weighted by molar-refractivity contribution is -0.385. The molecule has 0 unspecified atom stereocenters. The highest BCUT2D eigenvalue weighted by Crippen LogP contribution is 2.30. The molecule has 1 aromatic carbocycles. The Morgan fingerprint density at radius 1 is 1.58 bits per heavy atom. The van der Waals surface area contributed by atoms with Crippen LogP contribution in [-0.2, 0) is 0 Å². The predicted octanol–water partition coefficient (Wildman–Crippen LogP) is 3.25. The largest absolute Gasteiger partial charge is 0.283 e. The van der Waals surface area contributed by atoms with Gasteiger partial charge in [-0.05, 0) is 44.6 Å². The smallest absolute Gasteiger partial charge is 0.258 e. The second-order valence-corrected chi connectivity index (χ2v) is 4.51. The summed E-state index contributed by atoms with van der Waals surface area (Å²) in [5.74, 6) is 0. The standard InChI is InChI=1S/C6H3BrINO2S/c7-3-1-5(9(10)11)4(8)2-6(3)12/h1-2,12H. The maximum atomic E-state index is 10.4. The number of nitrogens with zero attached hydrogens (tertiary/aromatic N) is 1. The lowest BCUT2D eigenvalue weighted by atomic mass is 10.3. The second-order valence-electron chi connectivity index (χ2n) is 2.01. The van der Waals surface area contributed by atoms with E-state index in [2.05, 4.69) is 28.6 Å². The molecular weight excluding hydrogens is 357 g/mol. The van der Waals surface area contributed by atoms with Gasteiger partial charge in [-0.15, -0.1) is 12.6 Å². The van der Waals surface area contributed by atoms with Crippen molar-refractivity contribution in [3.05, 3.63) is 30.3 Å². The highest BCUT2D eigenvalue weighted by molar-refractivity contribution is 14.1. The van der Waals surface area contributed by atoms with E-state index in [0.717, 1.165) is 0 Å². The summed E-state index contributed by atoms with van der Waals surface area (Å²) in [7, 11) is 0. The van der Waals surface area contributed by atoms with Crippen molar-refractivity contribution in [1.29, 1.82) is 0 Å². The second kappa shape index (κ2) is 3.93. The third-order valence-corrected chi connectivity index (χ3v) is 3.41. The molecule has 0 saturated carbocycles. The number of rotatable bonds is 1. The quantitative estimate of drug-likeness (QED) is 0.362. The molecule has 0 aliphatic carbocycles. The van der Waals surface area contributed by atoms with Crippen LogP contribution in [0.15, 0.2) is 21.5 Å². The van der Waals surface area contributed by atoms with Crippen LogP contribution in [0.25, 0.3) is 0 Å². The number of nitro benzene ring substituents is 1. The third kappa shape index (κ3) is 2.11. The molecule has 0 N–H and O–H groups in total. The number of hydrogen-bond acceptors (Lipinski definition) is 3. The first kappa shape index (κ1) is 10.3. The van der Waals surface area contributed by atoms with Crippen molar-refractivity contribution in [3.8, 4) is 0 Å². The Morgan fingerprint density at radius 3 is 2.67 bits per heavy atom. The minimum absolute atomic E-state index is 0.0975. The Kier molecular flexibility index (Phi) is 3.36. The Morgan fingerprint density at radius 2 is 2.17 bits per heavy atom. The molecule has 0 heterocycles. The minimum Gasteiger partial charge on any atom is -0.258 e. The molecule has 0 aliphatic rings. The first-order valence-corrected chi connectivity index (χ1v) is 5.16. The first-order chi connectivity index (χ1) is 5.52. The maximum absolute atomic E-state index is 10.4. The van der Waals surface area contributed by atoms with Gasteiger partial charge in [0, 0.05) is 15.4 Å². The van der Waals surface area contributed by atoms with Crippen molar-refractivity contribution in [3.63, 3.8) is 0 Å². The molecule has 3 nitrogen and oxygen atoms in total. The van der Waals surface area contributed by atoms with Gasteiger partial charge in [0.15, 0.2) is 0 Å². The van der Waals surface area contributed by atoms with Gasteiger partial charge in [-0.1, -0.05) is 0 Å². The molecule has 64 valence electrons. The first-order valence-electron chi connectivity index (χ1n) is 2.85. The molecule has 0 atom stereocenters. The van der Waals surface area contributed by atoms with E-state index >= 15 is 0 Å². The molecule has 0 radical (unpaired) electrons. The van der Waals surface area contributed by atoms with E-state index in [9.17, 15) is 10.1 Å². The van der Waals surface area contributed by atoms with Crippen LogP contribution in [0.2, 0.25) is 0 Å². The van der Waals surface area contributed by atoms with Crippen molar-refractivity contribution < 1.29 is 4.92 Å². The van der Waals surface area contributed by atoms with Crippen LogP contribution in [0.3, 0.4) is 0 Å². The van der Waals surface area contributed by atoms with Crippen LogP contribution >= 0.6 is 51.1 Å². The number of benzene rings is 1. The molecule has 0 saturated heterocycles. The summed E-state index contributed by atoms with van der Waals surface area (Å²) in [5, 5.41) is 10.4. The molecule has 0 fully saturated rings. The van der Waals surface area contributed by atoms with Crippen LogP contribution in [-0.4, -0.2) is 4.92 Å². The highest BCUT2D eigenvalue weighted by atomic mass is 127. The normalized spacial score (nSPS) is 9.92. The average molecular weight is 360 g/mol. The summed E-state index contributed by atoms with van der Waals surface area (Å²) in [6.45, 7) is 0. The van der Waals surface area contributed by atoms with Crippen molar-refractivity contribution >= 4 is 56.8 Å². The number of hydrogen-bond donors (Lipinski definition) is 1. The van der Waals surface area contributed by atoms with E-state index in [1.165, 1.54) is 6.07 Å². The van der Waals surface area contributed by atoms with Crippen molar-refractivity contribution in [1.82, 2.24) is 0 Å². The maximum Gasteiger partial charge on any atom is 0.283 e.